The van der Waals surface area contributed by atoms with E-state index in [1.165, 1.54) is 0 Å². The molecule has 1 aromatic rings. The van der Waals surface area contributed by atoms with Crippen molar-refractivity contribution in [3.63, 3.8) is 0 Å². The minimum absolute atomic E-state index is 0.0811. The molecule has 1 aromatic heterocycles. The first kappa shape index (κ1) is 11.1. The van der Waals surface area contributed by atoms with Crippen molar-refractivity contribution in [2.45, 2.75) is 25.7 Å². The van der Waals surface area contributed by atoms with Gasteiger partial charge in [-0.2, -0.15) is 4.98 Å². The third-order valence-electron chi connectivity index (χ3n) is 2.42. The van der Waals surface area contributed by atoms with E-state index in [1.54, 1.807) is 6.92 Å². The van der Waals surface area contributed by atoms with Gasteiger partial charge in [-0.3, -0.25) is 0 Å². The Labute approximate surface area is 92.9 Å². The van der Waals surface area contributed by atoms with E-state index in [2.05, 4.69) is 10.1 Å². The third kappa shape index (κ3) is 2.38. The predicted molar refractivity (Wildman–Crippen MR) is 53.0 cm³/mol. The highest BCUT2D eigenvalue weighted by molar-refractivity contribution is 5.83. The smallest absolute Gasteiger partial charge is 0.397 e. The molecule has 1 aliphatic heterocycles. The molecule has 1 aliphatic rings. The Balaban J connectivity index is 2.03. The minimum atomic E-state index is -0.571. The summed E-state index contributed by atoms with van der Waals surface area (Å²) in [5.41, 5.74) is 0. The topological polar surface area (TPSA) is 74.5 Å². The fourth-order valence-corrected chi connectivity index (χ4v) is 1.62. The van der Waals surface area contributed by atoms with Gasteiger partial charge < -0.3 is 14.0 Å². The zero-order chi connectivity index (χ0) is 11.4. The molecule has 1 fully saturated rings. The summed E-state index contributed by atoms with van der Waals surface area (Å²) in [6.07, 6.45) is 1.94. The van der Waals surface area contributed by atoms with Crippen molar-refractivity contribution in [3.8, 4) is 0 Å². The molecule has 0 saturated carbocycles. The van der Waals surface area contributed by atoms with Crippen molar-refractivity contribution in [3.05, 3.63) is 11.7 Å². The molecule has 16 heavy (non-hydrogen) atoms. The van der Waals surface area contributed by atoms with E-state index in [9.17, 15) is 4.79 Å². The second-order valence-electron chi connectivity index (χ2n) is 3.59. The number of nitrogens with zero attached hydrogens (tertiary/aromatic N) is 2. The highest BCUT2D eigenvalue weighted by Crippen LogP contribution is 2.22. The van der Waals surface area contributed by atoms with Gasteiger partial charge in [0.1, 0.15) is 0 Å². The van der Waals surface area contributed by atoms with Crippen LogP contribution in [0.15, 0.2) is 4.52 Å². The molecular weight excluding hydrogens is 212 g/mol. The molecule has 2 rings (SSSR count). The SMILES string of the molecule is CCOC(=O)c1nc(C2CCCOC2)no1. The third-order valence-corrected chi connectivity index (χ3v) is 2.42. The number of rotatable bonds is 3. The average molecular weight is 226 g/mol. The first-order chi connectivity index (χ1) is 7.81. The van der Waals surface area contributed by atoms with Crippen LogP contribution < -0.4 is 0 Å². The van der Waals surface area contributed by atoms with Gasteiger partial charge >= 0.3 is 11.9 Å². The summed E-state index contributed by atoms with van der Waals surface area (Å²) in [6, 6.07) is 0. The summed E-state index contributed by atoms with van der Waals surface area (Å²) in [5.74, 6) is 0.00355. The van der Waals surface area contributed by atoms with E-state index in [0.717, 1.165) is 19.4 Å². The van der Waals surface area contributed by atoms with E-state index in [0.29, 0.717) is 19.0 Å². The van der Waals surface area contributed by atoms with Crippen LogP contribution in [0.2, 0.25) is 0 Å². The molecule has 88 valence electrons. The molecule has 6 nitrogen and oxygen atoms in total. The lowest BCUT2D eigenvalue weighted by Gasteiger charge is -2.18. The van der Waals surface area contributed by atoms with Crippen molar-refractivity contribution in [1.29, 1.82) is 0 Å². The molecule has 0 spiro atoms. The normalized spacial score (nSPS) is 20.7. The first-order valence-corrected chi connectivity index (χ1v) is 5.39. The second kappa shape index (κ2) is 5.07. The van der Waals surface area contributed by atoms with Gasteiger partial charge in [0.25, 0.3) is 0 Å². The molecule has 0 aliphatic carbocycles. The molecule has 2 heterocycles. The van der Waals surface area contributed by atoms with E-state index in [1.807, 2.05) is 0 Å². The highest BCUT2D eigenvalue weighted by atomic mass is 16.6. The standard InChI is InChI=1S/C10H14N2O4/c1-2-15-10(13)9-11-8(12-16-9)7-4-3-5-14-6-7/h7H,2-6H2,1H3. The lowest BCUT2D eigenvalue weighted by atomic mass is 10.0. The Morgan fingerprint density at radius 3 is 3.19 bits per heavy atom. The Bertz CT molecular complexity index is 357. The van der Waals surface area contributed by atoms with Crippen molar-refractivity contribution < 1.29 is 18.8 Å². The zero-order valence-electron chi connectivity index (χ0n) is 9.14. The maximum atomic E-state index is 11.3. The van der Waals surface area contributed by atoms with Crippen LogP contribution in [0.4, 0.5) is 0 Å². The molecule has 0 amide bonds. The van der Waals surface area contributed by atoms with Crippen molar-refractivity contribution in [1.82, 2.24) is 10.1 Å². The summed E-state index contributed by atoms with van der Waals surface area (Å²) in [7, 11) is 0. The van der Waals surface area contributed by atoms with Crippen LogP contribution in [0.1, 0.15) is 42.2 Å². The summed E-state index contributed by atoms with van der Waals surface area (Å²) >= 11 is 0. The van der Waals surface area contributed by atoms with E-state index >= 15 is 0 Å². The number of ether oxygens (including phenoxy) is 2. The van der Waals surface area contributed by atoms with Crippen LogP contribution in [0, 0.1) is 0 Å². The van der Waals surface area contributed by atoms with Gasteiger partial charge in [0.2, 0.25) is 0 Å². The number of carbonyl (C=O) groups is 1. The van der Waals surface area contributed by atoms with Gasteiger partial charge in [0, 0.05) is 12.5 Å². The number of aromatic nitrogens is 2. The molecule has 1 unspecified atom stereocenters. The van der Waals surface area contributed by atoms with Crippen molar-refractivity contribution in [2.24, 2.45) is 0 Å². The number of hydrogen-bond acceptors (Lipinski definition) is 6. The van der Waals surface area contributed by atoms with E-state index in [-0.39, 0.29) is 11.8 Å². The van der Waals surface area contributed by atoms with Crippen molar-refractivity contribution in [2.75, 3.05) is 19.8 Å². The van der Waals surface area contributed by atoms with Crippen LogP contribution >= 0.6 is 0 Å². The lowest BCUT2D eigenvalue weighted by molar-refractivity contribution is 0.0470. The molecular formula is C10H14N2O4. The molecule has 0 aromatic carbocycles. The quantitative estimate of drug-likeness (QED) is 0.719. The fraction of sp³-hybridized carbons (Fsp3) is 0.700. The van der Waals surface area contributed by atoms with Crippen LogP contribution in [-0.4, -0.2) is 35.9 Å². The lowest BCUT2D eigenvalue weighted by Crippen LogP contribution is -2.16. The molecule has 0 N–H and O–H groups in total. The fourth-order valence-electron chi connectivity index (χ4n) is 1.62. The van der Waals surface area contributed by atoms with Gasteiger partial charge in [-0.15, -0.1) is 0 Å². The van der Waals surface area contributed by atoms with Gasteiger partial charge in [0.15, 0.2) is 5.82 Å². The van der Waals surface area contributed by atoms with Crippen LogP contribution in [-0.2, 0) is 9.47 Å². The van der Waals surface area contributed by atoms with E-state index < -0.39 is 5.97 Å². The number of carbonyl (C=O) groups excluding carboxylic acids is 1. The molecule has 6 heteroatoms. The van der Waals surface area contributed by atoms with E-state index in [4.69, 9.17) is 14.0 Å². The summed E-state index contributed by atoms with van der Waals surface area (Å²) in [6.45, 7) is 3.38. The minimum Gasteiger partial charge on any atom is -0.459 e. The number of esters is 1. The molecule has 1 atom stereocenters. The number of hydrogen-bond donors (Lipinski definition) is 0. The zero-order valence-corrected chi connectivity index (χ0v) is 9.14. The van der Waals surface area contributed by atoms with Crippen molar-refractivity contribution >= 4 is 5.97 Å². The van der Waals surface area contributed by atoms with Crippen LogP contribution in [0.5, 0.6) is 0 Å². The maximum absolute atomic E-state index is 11.3. The highest BCUT2D eigenvalue weighted by Gasteiger charge is 2.24. The average Bonchev–Trinajstić information content (AvgIpc) is 2.80. The van der Waals surface area contributed by atoms with Gasteiger partial charge in [-0.05, 0) is 19.8 Å². The predicted octanol–water partition coefficient (Wildman–Crippen LogP) is 1.14. The van der Waals surface area contributed by atoms with Gasteiger partial charge in [-0.25, -0.2) is 4.79 Å². The monoisotopic (exact) mass is 226 g/mol. The Morgan fingerprint density at radius 1 is 1.62 bits per heavy atom. The summed E-state index contributed by atoms with van der Waals surface area (Å²) < 4.78 is 14.9. The maximum Gasteiger partial charge on any atom is 0.397 e. The first-order valence-electron chi connectivity index (χ1n) is 5.39. The largest absolute Gasteiger partial charge is 0.459 e. The Hall–Kier alpha value is -1.43. The summed E-state index contributed by atoms with van der Waals surface area (Å²) in [5, 5.41) is 3.78. The second-order valence-corrected chi connectivity index (χ2v) is 3.59. The Morgan fingerprint density at radius 2 is 2.50 bits per heavy atom. The Kier molecular flexibility index (Phi) is 3.51. The van der Waals surface area contributed by atoms with Gasteiger partial charge in [-0.1, -0.05) is 5.16 Å². The van der Waals surface area contributed by atoms with Crippen LogP contribution in [0.25, 0.3) is 0 Å². The van der Waals surface area contributed by atoms with Crippen LogP contribution in [0.3, 0.4) is 0 Å². The molecule has 0 bridgehead atoms. The molecule has 1 saturated heterocycles. The van der Waals surface area contributed by atoms with Gasteiger partial charge in [0.05, 0.1) is 13.2 Å². The summed E-state index contributed by atoms with van der Waals surface area (Å²) in [4.78, 5) is 15.3. The molecule has 0 radical (unpaired) electrons.